The van der Waals surface area contributed by atoms with Crippen molar-refractivity contribution in [1.29, 1.82) is 0 Å². The van der Waals surface area contributed by atoms with Crippen LogP contribution in [0.5, 0.6) is 0 Å². The zero-order valence-corrected chi connectivity index (χ0v) is 10.6. The molecule has 5 nitrogen and oxygen atoms in total. The molecule has 94 valence electrons. The molecule has 2 heterocycles. The summed E-state index contributed by atoms with van der Waals surface area (Å²) < 4.78 is 0. The molecule has 0 saturated carbocycles. The molecule has 0 aliphatic heterocycles. The number of aromatic nitrogens is 1. The lowest BCUT2D eigenvalue weighted by Gasteiger charge is -2.14. The Balaban J connectivity index is 2.21. The van der Waals surface area contributed by atoms with Gasteiger partial charge >= 0.3 is 0 Å². The summed E-state index contributed by atoms with van der Waals surface area (Å²) in [6, 6.07) is 2.08. The van der Waals surface area contributed by atoms with Crippen molar-refractivity contribution in [3.8, 4) is 0 Å². The van der Waals surface area contributed by atoms with E-state index in [4.69, 9.17) is 11.6 Å². The topological polar surface area (TPSA) is 94.0 Å². The molecule has 0 aromatic carbocycles. The molecule has 0 saturated heterocycles. The minimum atomic E-state index is -0.353. The van der Waals surface area contributed by atoms with Gasteiger partial charge in [-0.15, -0.1) is 11.3 Å². The number of fused-ring (bicyclic) bond motifs is 2. The van der Waals surface area contributed by atoms with Gasteiger partial charge < -0.3 is 5.73 Å². The number of nitrogens with two attached hydrogens (primary N) is 2. The summed E-state index contributed by atoms with van der Waals surface area (Å²) in [4.78, 5) is 17.5. The first-order valence-electron chi connectivity index (χ1n) is 5.92. The molecule has 1 aliphatic rings. The van der Waals surface area contributed by atoms with E-state index in [1.165, 1.54) is 29.7 Å². The fourth-order valence-electron chi connectivity index (χ4n) is 2.39. The van der Waals surface area contributed by atoms with E-state index >= 15 is 0 Å². The second-order valence-corrected chi connectivity index (χ2v) is 5.47. The average Bonchev–Trinajstić information content (AvgIpc) is 2.72. The molecular weight excluding hydrogens is 248 g/mol. The van der Waals surface area contributed by atoms with E-state index in [-0.39, 0.29) is 5.91 Å². The number of carbonyl (C=O) groups excluding carboxylic acids is 1. The maximum atomic E-state index is 11.6. The molecular formula is C12H14N4OS. The van der Waals surface area contributed by atoms with Crippen LogP contribution in [0.3, 0.4) is 0 Å². The van der Waals surface area contributed by atoms with Gasteiger partial charge in [-0.2, -0.15) is 0 Å². The maximum Gasteiger partial charge on any atom is 0.277 e. The fourth-order valence-corrected chi connectivity index (χ4v) is 3.39. The Morgan fingerprint density at radius 3 is 2.94 bits per heavy atom. The summed E-state index contributed by atoms with van der Waals surface area (Å²) >= 11 is 1.30. The summed E-state index contributed by atoms with van der Waals surface area (Å²) in [6.07, 6.45) is 4.44. The van der Waals surface area contributed by atoms with Crippen molar-refractivity contribution >= 4 is 33.1 Å². The number of rotatable bonds is 1. The fraction of sp³-hybridized carbons (Fsp3) is 0.333. The van der Waals surface area contributed by atoms with E-state index in [9.17, 15) is 4.79 Å². The van der Waals surface area contributed by atoms with Crippen molar-refractivity contribution < 1.29 is 4.79 Å². The van der Waals surface area contributed by atoms with Gasteiger partial charge in [0.15, 0.2) is 0 Å². The van der Waals surface area contributed by atoms with E-state index in [0.717, 1.165) is 28.8 Å². The Morgan fingerprint density at radius 1 is 1.39 bits per heavy atom. The zero-order chi connectivity index (χ0) is 12.7. The van der Waals surface area contributed by atoms with Crippen LogP contribution in [0.1, 0.15) is 33.8 Å². The Hall–Kier alpha value is -1.66. The molecule has 0 spiro atoms. The van der Waals surface area contributed by atoms with Gasteiger partial charge in [0.25, 0.3) is 5.91 Å². The molecule has 0 fully saturated rings. The third-order valence-corrected chi connectivity index (χ3v) is 4.45. The summed E-state index contributed by atoms with van der Waals surface area (Å²) in [7, 11) is 0. The number of hydrazine groups is 1. The van der Waals surface area contributed by atoms with Crippen molar-refractivity contribution in [2.45, 2.75) is 25.7 Å². The van der Waals surface area contributed by atoms with Gasteiger partial charge in [-0.25, -0.2) is 10.8 Å². The molecule has 6 heteroatoms. The Labute approximate surface area is 108 Å². The molecule has 0 unspecified atom stereocenters. The van der Waals surface area contributed by atoms with Crippen molar-refractivity contribution in [3.63, 3.8) is 0 Å². The number of hydrogen-bond acceptors (Lipinski definition) is 5. The van der Waals surface area contributed by atoms with Gasteiger partial charge in [-0.05, 0) is 37.3 Å². The van der Waals surface area contributed by atoms with Crippen LogP contribution in [0.4, 0.5) is 5.69 Å². The number of nitrogens with zero attached hydrogens (tertiary/aromatic N) is 1. The first-order valence-corrected chi connectivity index (χ1v) is 6.74. The lowest BCUT2D eigenvalue weighted by Crippen LogP contribution is -2.29. The van der Waals surface area contributed by atoms with Gasteiger partial charge in [0.05, 0.1) is 5.69 Å². The minimum absolute atomic E-state index is 0.353. The maximum absolute atomic E-state index is 11.6. The molecule has 0 atom stereocenters. The molecule has 5 N–H and O–H groups in total. The van der Waals surface area contributed by atoms with Crippen LogP contribution < -0.4 is 17.0 Å². The summed E-state index contributed by atoms with van der Waals surface area (Å²) in [6.45, 7) is 0. The molecule has 0 radical (unpaired) electrons. The van der Waals surface area contributed by atoms with Gasteiger partial charge in [-0.1, -0.05) is 0 Å². The van der Waals surface area contributed by atoms with E-state index in [0.29, 0.717) is 10.6 Å². The molecule has 2 aromatic rings. The van der Waals surface area contributed by atoms with Crippen LogP contribution in [-0.4, -0.2) is 10.9 Å². The summed E-state index contributed by atoms with van der Waals surface area (Å²) in [5.41, 5.74) is 11.0. The lowest BCUT2D eigenvalue weighted by molar-refractivity contribution is 0.0958. The number of nitrogens with one attached hydrogen (secondary N) is 1. The second kappa shape index (κ2) is 4.22. The highest BCUT2D eigenvalue weighted by Gasteiger charge is 2.19. The van der Waals surface area contributed by atoms with E-state index < -0.39 is 0 Å². The SMILES string of the molecule is NNC(=O)c1sc2nc3c(cc2c1N)CCCC3. The van der Waals surface area contributed by atoms with E-state index in [1.54, 1.807) is 0 Å². The molecule has 1 amide bonds. The third-order valence-electron chi connectivity index (χ3n) is 3.34. The smallest absolute Gasteiger partial charge is 0.277 e. The highest BCUT2D eigenvalue weighted by atomic mass is 32.1. The van der Waals surface area contributed by atoms with Crippen LogP contribution in [0.25, 0.3) is 10.2 Å². The van der Waals surface area contributed by atoms with Crippen LogP contribution in [0.2, 0.25) is 0 Å². The largest absolute Gasteiger partial charge is 0.397 e. The Bertz CT molecular complexity index is 635. The lowest BCUT2D eigenvalue weighted by atomic mass is 9.95. The van der Waals surface area contributed by atoms with Crippen molar-refractivity contribution in [1.82, 2.24) is 10.4 Å². The first-order chi connectivity index (χ1) is 8.70. The van der Waals surface area contributed by atoms with Crippen LogP contribution in [-0.2, 0) is 12.8 Å². The van der Waals surface area contributed by atoms with Crippen molar-refractivity contribution in [2.75, 3.05) is 5.73 Å². The first kappa shape index (κ1) is 11.4. The molecule has 3 rings (SSSR count). The quantitative estimate of drug-likeness (QED) is 0.411. The Morgan fingerprint density at radius 2 is 2.17 bits per heavy atom. The normalized spacial score (nSPS) is 14.5. The monoisotopic (exact) mass is 262 g/mol. The number of anilines is 1. The summed E-state index contributed by atoms with van der Waals surface area (Å²) in [5.74, 6) is 4.79. The van der Waals surface area contributed by atoms with Gasteiger partial charge in [0.2, 0.25) is 0 Å². The van der Waals surface area contributed by atoms with Crippen molar-refractivity contribution in [2.24, 2.45) is 5.84 Å². The number of nitrogen functional groups attached to an aromatic ring is 2. The Kier molecular flexibility index (Phi) is 2.68. The predicted octanol–water partition coefficient (Wildman–Crippen LogP) is 1.36. The third kappa shape index (κ3) is 1.65. The standard InChI is InChI=1S/C12H14N4OS/c13-9-7-5-6-3-1-2-4-8(6)15-12(7)18-10(9)11(17)16-14/h5H,1-4,13-14H2,(H,16,17). The molecule has 2 aromatic heterocycles. The minimum Gasteiger partial charge on any atom is -0.397 e. The zero-order valence-electron chi connectivity index (χ0n) is 9.82. The van der Waals surface area contributed by atoms with Gasteiger partial charge in [0.1, 0.15) is 9.71 Å². The van der Waals surface area contributed by atoms with Crippen LogP contribution in [0, 0.1) is 0 Å². The second-order valence-electron chi connectivity index (χ2n) is 4.47. The number of aryl methyl sites for hydroxylation is 2. The van der Waals surface area contributed by atoms with E-state index in [1.807, 2.05) is 0 Å². The summed E-state index contributed by atoms with van der Waals surface area (Å²) in [5, 5.41) is 0.874. The van der Waals surface area contributed by atoms with Crippen LogP contribution >= 0.6 is 11.3 Å². The molecule has 1 aliphatic carbocycles. The average molecular weight is 262 g/mol. The highest BCUT2D eigenvalue weighted by Crippen LogP contribution is 2.35. The molecule has 18 heavy (non-hydrogen) atoms. The van der Waals surface area contributed by atoms with Crippen molar-refractivity contribution in [3.05, 3.63) is 22.2 Å². The van der Waals surface area contributed by atoms with Gasteiger partial charge in [-0.3, -0.25) is 10.2 Å². The number of carbonyl (C=O) groups is 1. The van der Waals surface area contributed by atoms with Gasteiger partial charge in [0, 0.05) is 11.1 Å². The van der Waals surface area contributed by atoms with Crippen LogP contribution in [0.15, 0.2) is 6.07 Å². The number of hydrogen-bond donors (Lipinski definition) is 3. The molecule has 0 bridgehead atoms. The predicted molar refractivity (Wildman–Crippen MR) is 72.3 cm³/mol. The van der Waals surface area contributed by atoms with E-state index in [2.05, 4.69) is 16.5 Å². The number of thiophene rings is 1. The highest BCUT2D eigenvalue weighted by molar-refractivity contribution is 7.21. The number of amides is 1. The number of pyridine rings is 1.